The molecule has 11 heterocycles. The summed E-state index contributed by atoms with van der Waals surface area (Å²) >= 11 is 0. The molecule has 71 heavy (non-hydrogen) atoms. The van der Waals surface area contributed by atoms with Crippen LogP contribution in [0.3, 0.4) is 0 Å². The Bertz CT molecular complexity index is 2160. The maximum atomic E-state index is 12.3. The van der Waals surface area contributed by atoms with Crippen molar-refractivity contribution in [3.05, 3.63) is 36.0 Å². The molecule has 9 fully saturated rings. The van der Waals surface area contributed by atoms with E-state index in [1.54, 1.807) is 0 Å². The Hall–Kier alpha value is -2.81. The van der Waals surface area contributed by atoms with E-state index in [-0.39, 0.29) is 123 Å². The van der Waals surface area contributed by atoms with E-state index >= 15 is 0 Å². The third-order valence-electron chi connectivity index (χ3n) is 18.6. The summed E-state index contributed by atoms with van der Waals surface area (Å²) in [5.74, 6) is -1.83. The maximum Gasteiger partial charge on any atom is 0.331 e. The highest BCUT2D eigenvalue weighted by Crippen LogP contribution is 2.55. The fourth-order valence-electron chi connectivity index (χ4n) is 14.5. The average Bonchev–Trinajstić information content (AvgIpc) is 3.50. The third-order valence-corrected chi connectivity index (χ3v) is 18.6. The molecule has 0 aliphatic carbocycles. The molecule has 23 atom stereocenters. The van der Waals surface area contributed by atoms with E-state index in [0.29, 0.717) is 63.4 Å². The van der Waals surface area contributed by atoms with Crippen LogP contribution in [0.2, 0.25) is 0 Å². The largest absolute Gasteiger partial charge is 0.481 e. The molecule has 0 saturated carbocycles. The Morgan fingerprint density at radius 2 is 1.49 bits per heavy atom. The van der Waals surface area contributed by atoms with E-state index in [1.807, 2.05) is 13.8 Å². The number of ether oxygens (including phenoxy) is 12. The van der Waals surface area contributed by atoms with Crippen molar-refractivity contribution in [2.75, 3.05) is 6.61 Å². The highest BCUT2D eigenvalue weighted by atomic mass is 16.7. The van der Waals surface area contributed by atoms with Crippen LogP contribution < -0.4 is 0 Å². The quantitative estimate of drug-likeness (QED) is 0.233. The second kappa shape index (κ2) is 18.5. The zero-order valence-electron chi connectivity index (χ0n) is 42.5. The Kier molecular flexibility index (Phi) is 13.1. The first-order valence-corrected chi connectivity index (χ1v) is 26.5. The van der Waals surface area contributed by atoms with E-state index in [0.717, 1.165) is 24.8 Å². The monoisotopic (exact) mass is 997 g/mol. The molecule has 0 amide bonds. The molecule has 0 aromatic carbocycles. The smallest absolute Gasteiger partial charge is 0.331 e. The molecule has 2 N–H and O–H groups in total. The van der Waals surface area contributed by atoms with E-state index in [9.17, 15) is 19.5 Å². The molecule has 17 heteroatoms. The number of hydrogen-bond acceptors (Lipinski definition) is 16. The van der Waals surface area contributed by atoms with Gasteiger partial charge in [-0.1, -0.05) is 25.7 Å². The van der Waals surface area contributed by atoms with E-state index in [2.05, 4.69) is 53.3 Å². The fraction of sp³-hybridized carbons (Fsp3) is 0.833. The minimum atomic E-state index is -1.06. The summed E-state index contributed by atoms with van der Waals surface area (Å²) in [7, 11) is 0. The number of aliphatic hydroxyl groups excluding tert-OH is 1. The van der Waals surface area contributed by atoms with Crippen LogP contribution in [0, 0.1) is 5.92 Å². The minimum Gasteiger partial charge on any atom is -0.481 e. The standard InChI is InChI=1S/C54H76O17/c1-27(26-60-46(58)12-11-45(56)57)16-30-19-39(55)54(8)43(61-30)21-35-36(68-54)20-34-31(62-35)10-9-14-50(4)44(65-34)25-53(7)42(69-50)23-41-51(5,71-53)15-13-32-48(67-41)28(2)17-33-38(63-32)24-52(6)40(64-33)22-37-49(70-52)29(3)18-47(59)66-37/h9-10,18,28,30-44,48-49,55H,1,11-17,19-26H2,2-8H3,(H,56,57)/t28?,30?,31?,32?,33?,34?,35?,36?,37?,38?,39?,40?,41?,42?,43?,44?,48?,49?,50-,51-,52+,53+,54+/m1/s1. The van der Waals surface area contributed by atoms with Gasteiger partial charge in [0.05, 0.1) is 121 Å². The van der Waals surface area contributed by atoms with E-state index in [4.69, 9.17) is 61.9 Å². The van der Waals surface area contributed by atoms with Crippen molar-refractivity contribution in [1.29, 1.82) is 0 Å². The highest BCUT2D eigenvalue weighted by molar-refractivity contribution is 5.84. The van der Waals surface area contributed by atoms with Crippen LogP contribution in [0.4, 0.5) is 0 Å². The van der Waals surface area contributed by atoms with Gasteiger partial charge in [-0.05, 0) is 90.7 Å². The van der Waals surface area contributed by atoms with Gasteiger partial charge in [-0.2, -0.15) is 0 Å². The Labute approximate surface area is 416 Å². The molecule has 0 spiro atoms. The lowest BCUT2D eigenvalue weighted by Gasteiger charge is -2.60. The summed E-state index contributed by atoms with van der Waals surface area (Å²) in [5.41, 5.74) is -1.98. The minimum absolute atomic E-state index is 0.0468. The van der Waals surface area contributed by atoms with Gasteiger partial charge in [0.1, 0.15) is 30.5 Å². The number of fused-ring (bicyclic) bond motifs is 10. The second-order valence-corrected chi connectivity index (χ2v) is 24.2. The summed E-state index contributed by atoms with van der Waals surface area (Å²) in [4.78, 5) is 35.1. The molecule has 394 valence electrons. The molecule has 18 unspecified atom stereocenters. The number of rotatable bonds is 7. The predicted octanol–water partition coefficient (Wildman–Crippen LogP) is 5.68. The SMILES string of the molecule is C=C(COC(=O)CCC(=O)O)CC1CC(O)[C@]2(C)OC3CC4OC5C[C@]6(C)O[C@]7(C)CCC8OC9C[C@]%10(C)OC%11C(C)=CC(=O)OC%11CC%10OC9CC(C)C8OC7CC6O[C@]5(C)CC=CC4OC3CC2O1. The molecule has 0 aromatic heterocycles. The average molecular weight is 997 g/mol. The number of hydrogen-bond donors (Lipinski definition) is 2. The molecular weight excluding hydrogens is 921 g/mol. The molecular formula is C54H76O17. The molecule has 11 aliphatic heterocycles. The van der Waals surface area contributed by atoms with Crippen molar-refractivity contribution in [2.24, 2.45) is 5.92 Å². The number of carboxylic acids is 1. The van der Waals surface area contributed by atoms with Gasteiger partial charge in [0.25, 0.3) is 0 Å². The van der Waals surface area contributed by atoms with Crippen LogP contribution in [0.5, 0.6) is 0 Å². The maximum absolute atomic E-state index is 12.3. The zero-order valence-corrected chi connectivity index (χ0v) is 42.5. The lowest BCUT2D eigenvalue weighted by atomic mass is 9.72. The van der Waals surface area contributed by atoms with Crippen molar-refractivity contribution >= 4 is 17.9 Å². The third kappa shape index (κ3) is 9.30. The van der Waals surface area contributed by atoms with Gasteiger partial charge >= 0.3 is 17.9 Å². The number of esters is 2. The number of aliphatic carboxylic acids is 1. The summed E-state index contributed by atoms with van der Waals surface area (Å²) < 4.78 is 81.1. The summed E-state index contributed by atoms with van der Waals surface area (Å²) in [6.45, 7) is 18.8. The van der Waals surface area contributed by atoms with Crippen LogP contribution >= 0.6 is 0 Å². The summed E-state index contributed by atoms with van der Waals surface area (Å²) in [6.07, 6.45) is 7.37. The second-order valence-electron chi connectivity index (χ2n) is 24.2. The lowest BCUT2D eigenvalue weighted by Crippen LogP contribution is -2.70. The van der Waals surface area contributed by atoms with Crippen molar-refractivity contribution in [3.8, 4) is 0 Å². The molecule has 0 radical (unpaired) electrons. The number of carboxylic acid groups (broad SMARTS) is 1. The van der Waals surface area contributed by atoms with Crippen molar-refractivity contribution in [2.45, 2.75) is 270 Å². The Morgan fingerprint density at radius 1 is 0.732 bits per heavy atom. The zero-order chi connectivity index (χ0) is 50.0. The van der Waals surface area contributed by atoms with Crippen molar-refractivity contribution in [3.63, 3.8) is 0 Å². The normalized spacial score (nSPS) is 51.9. The van der Waals surface area contributed by atoms with Crippen LogP contribution in [0.15, 0.2) is 36.0 Å². The molecule has 11 rings (SSSR count). The molecule has 0 bridgehead atoms. The molecule has 11 aliphatic rings. The van der Waals surface area contributed by atoms with Gasteiger partial charge < -0.3 is 67.1 Å². The predicted molar refractivity (Wildman–Crippen MR) is 250 cm³/mol. The molecule has 17 nitrogen and oxygen atoms in total. The first-order chi connectivity index (χ1) is 33.6. The number of carbonyl (C=O) groups is 3. The van der Waals surface area contributed by atoms with Gasteiger partial charge in [-0.15, -0.1) is 0 Å². The van der Waals surface area contributed by atoms with Crippen LogP contribution in [0.25, 0.3) is 0 Å². The molecule has 0 aromatic rings. The Morgan fingerprint density at radius 3 is 2.30 bits per heavy atom. The number of carbonyl (C=O) groups excluding carboxylic acids is 2. The van der Waals surface area contributed by atoms with E-state index in [1.165, 1.54) is 6.08 Å². The first-order valence-electron chi connectivity index (χ1n) is 26.5. The first kappa shape index (κ1) is 50.4. The van der Waals surface area contributed by atoms with Crippen LogP contribution in [-0.4, -0.2) is 167 Å². The van der Waals surface area contributed by atoms with Gasteiger partial charge in [-0.25, -0.2) is 4.79 Å². The summed E-state index contributed by atoms with van der Waals surface area (Å²) in [6, 6.07) is 0. The number of aliphatic hydroxyl groups is 1. The van der Waals surface area contributed by atoms with Crippen molar-refractivity contribution < 1.29 is 81.4 Å². The summed E-state index contributed by atoms with van der Waals surface area (Å²) in [5, 5.41) is 20.5. The van der Waals surface area contributed by atoms with Crippen LogP contribution in [-0.2, 0) is 71.2 Å². The fourth-order valence-corrected chi connectivity index (χ4v) is 14.5. The van der Waals surface area contributed by atoms with Crippen LogP contribution in [0.1, 0.15) is 138 Å². The van der Waals surface area contributed by atoms with Crippen molar-refractivity contribution in [1.82, 2.24) is 0 Å². The van der Waals surface area contributed by atoms with Gasteiger partial charge in [0, 0.05) is 51.0 Å². The van der Waals surface area contributed by atoms with Gasteiger partial charge in [0.15, 0.2) is 0 Å². The highest BCUT2D eigenvalue weighted by Gasteiger charge is 2.64. The molecule has 9 saturated heterocycles. The van der Waals surface area contributed by atoms with Gasteiger partial charge in [-0.3, -0.25) is 9.59 Å². The van der Waals surface area contributed by atoms with E-state index < -0.39 is 52.2 Å². The Balaban J connectivity index is 0.735. The lowest BCUT2D eigenvalue weighted by molar-refractivity contribution is -0.356. The topological polar surface area (TPSA) is 202 Å². The van der Waals surface area contributed by atoms with Gasteiger partial charge in [0.2, 0.25) is 0 Å².